The molecule has 1 rings (SSSR count). The normalized spacial score (nSPS) is 10.0. The van der Waals surface area contributed by atoms with Crippen molar-refractivity contribution in [1.82, 2.24) is 4.90 Å². The van der Waals surface area contributed by atoms with E-state index >= 15 is 0 Å². The van der Waals surface area contributed by atoms with Crippen molar-refractivity contribution in [2.75, 3.05) is 13.6 Å². The Morgan fingerprint density at radius 3 is 2.59 bits per heavy atom. The molecule has 0 unspecified atom stereocenters. The molecule has 0 fully saturated rings. The third-order valence-electron chi connectivity index (χ3n) is 2.38. The van der Waals surface area contributed by atoms with Gasteiger partial charge in [-0.25, -0.2) is 0 Å². The molecule has 17 heavy (non-hydrogen) atoms. The zero-order chi connectivity index (χ0) is 12.8. The maximum atomic E-state index is 11.6. The Kier molecular flexibility index (Phi) is 4.97. The molecule has 0 aliphatic heterocycles. The topological polar surface area (TPSA) is 63.4 Å². The molecule has 0 atom stereocenters. The van der Waals surface area contributed by atoms with Crippen LogP contribution in [0.3, 0.4) is 0 Å². The number of halogens is 1. The van der Waals surface area contributed by atoms with Gasteiger partial charge >= 0.3 is 0 Å². The summed E-state index contributed by atoms with van der Waals surface area (Å²) in [6, 6.07) is 7.38. The first-order valence-electron chi connectivity index (χ1n) is 5.26. The summed E-state index contributed by atoms with van der Waals surface area (Å²) in [5, 5.41) is 0.651. The Labute approximate surface area is 105 Å². The summed E-state index contributed by atoms with van der Waals surface area (Å²) in [6.07, 6.45) is 0.870. The number of benzene rings is 1. The summed E-state index contributed by atoms with van der Waals surface area (Å²) in [4.78, 5) is 23.6. The highest BCUT2D eigenvalue weighted by molar-refractivity contribution is 6.31. The first-order valence-corrected chi connectivity index (χ1v) is 5.64. The zero-order valence-electron chi connectivity index (χ0n) is 9.65. The van der Waals surface area contributed by atoms with Crippen LogP contribution in [0.25, 0.3) is 0 Å². The first-order chi connectivity index (χ1) is 8.00. The van der Waals surface area contributed by atoms with Crippen LogP contribution in [0.15, 0.2) is 24.3 Å². The second kappa shape index (κ2) is 6.25. The second-order valence-corrected chi connectivity index (χ2v) is 4.21. The molecule has 1 aromatic rings. The highest BCUT2D eigenvalue weighted by Crippen LogP contribution is 2.16. The third kappa shape index (κ3) is 4.44. The number of nitrogens with zero attached hydrogens (tertiary/aromatic N) is 1. The highest BCUT2D eigenvalue weighted by atomic mass is 35.5. The Morgan fingerprint density at radius 1 is 1.35 bits per heavy atom. The van der Waals surface area contributed by atoms with E-state index in [2.05, 4.69) is 0 Å². The average molecular weight is 255 g/mol. The number of likely N-dealkylation sites (N-methyl/N-ethyl adjacent to an activating group) is 1. The lowest BCUT2D eigenvalue weighted by atomic mass is 10.1. The van der Waals surface area contributed by atoms with E-state index in [4.69, 9.17) is 17.3 Å². The van der Waals surface area contributed by atoms with Crippen LogP contribution < -0.4 is 5.73 Å². The van der Waals surface area contributed by atoms with Gasteiger partial charge in [-0.1, -0.05) is 29.8 Å². The van der Waals surface area contributed by atoms with Crippen LogP contribution in [0, 0.1) is 0 Å². The second-order valence-electron chi connectivity index (χ2n) is 3.81. The van der Waals surface area contributed by atoms with Gasteiger partial charge in [0.25, 0.3) is 0 Å². The van der Waals surface area contributed by atoms with E-state index in [1.165, 1.54) is 4.90 Å². The number of amides is 2. The van der Waals surface area contributed by atoms with Crippen LogP contribution in [0.2, 0.25) is 5.02 Å². The molecule has 0 aromatic heterocycles. The molecule has 0 spiro atoms. The smallest absolute Gasteiger partial charge is 0.237 e. The number of aryl methyl sites for hydroxylation is 1. The molecule has 5 heteroatoms. The number of carbonyl (C=O) groups excluding carboxylic acids is 2. The summed E-state index contributed by atoms with van der Waals surface area (Å²) in [5.41, 5.74) is 5.93. The van der Waals surface area contributed by atoms with E-state index in [9.17, 15) is 9.59 Å². The lowest BCUT2D eigenvalue weighted by Crippen LogP contribution is -2.35. The molecule has 0 heterocycles. The number of hydrogen-bond donors (Lipinski definition) is 1. The van der Waals surface area contributed by atoms with Gasteiger partial charge in [0.1, 0.15) is 0 Å². The van der Waals surface area contributed by atoms with Gasteiger partial charge < -0.3 is 10.6 Å². The van der Waals surface area contributed by atoms with E-state index in [1.807, 2.05) is 18.2 Å². The summed E-state index contributed by atoms with van der Waals surface area (Å²) < 4.78 is 0. The largest absolute Gasteiger partial charge is 0.368 e. The van der Waals surface area contributed by atoms with E-state index in [0.29, 0.717) is 17.9 Å². The van der Waals surface area contributed by atoms with Crippen molar-refractivity contribution in [2.45, 2.75) is 12.8 Å². The molecule has 4 nitrogen and oxygen atoms in total. The van der Waals surface area contributed by atoms with Crippen molar-refractivity contribution in [2.24, 2.45) is 5.73 Å². The van der Waals surface area contributed by atoms with Crippen molar-refractivity contribution >= 4 is 23.4 Å². The van der Waals surface area contributed by atoms with Gasteiger partial charge in [0.2, 0.25) is 11.8 Å². The Balaban J connectivity index is 2.48. The van der Waals surface area contributed by atoms with E-state index in [0.717, 1.165) is 5.56 Å². The van der Waals surface area contributed by atoms with Gasteiger partial charge in [-0.05, 0) is 18.1 Å². The van der Waals surface area contributed by atoms with Gasteiger partial charge in [0, 0.05) is 18.5 Å². The molecule has 92 valence electrons. The number of nitrogens with two attached hydrogens (primary N) is 1. The molecule has 0 bridgehead atoms. The molecule has 0 aliphatic carbocycles. The maximum Gasteiger partial charge on any atom is 0.237 e. The molecular formula is C12H15ClN2O2. The van der Waals surface area contributed by atoms with Crippen molar-refractivity contribution in [3.63, 3.8) is 0 Å². The van der Waals surface area contributed by atoms with Crippen LogP contribution in [0.1, 0.15) is 12.0 Å². The monoisotopic (exact) mass is 254 g/mol. The molecule has 0 aliphatic rings. The van der Waals surface area contributed by atoms with Gasteiger partial charge in [-0.2, -0.15) is 0 Å². The number of carbonyl (C=O) groups is 2. The Morgan fingerprint density at radius 2 is 2.00 bits per heavy atom. The van der Waals surface area contributed by atoms with Crippen molar-refractivity contribution in [3.8, 4) is 0 Å². The van der Waals surface area contributed by atoms with Crippen LogP contribution >= 0.6 is 11.6 Å². The van der Waals surface area contributed by atoms with Crippen LogP contribution in [0.5, 0.6) is 0 Å². The molecule has 2 amide bonds. The van der Waals surface area contributed by atoms with E-state index in [-0.39, 0.29) is 12.5 Å². The third-order valence-corrected chi connectivity index (χ3v) is 2.75. The van der Waals surface area contributed by atoms with Crippen molar-refractivity contribution in [3.05, 3.63) is 34.9 Å². The predicted octanol–water partition coefficient (Wildman–Crippen LogP) is 1.22. The number of rotatable bonds is 5. The minimum Gasteiger partial charge on any atom is -0.368 e. The number of hydrogen-bond acceptors (Lipinski definition) is 2. The number of primary amides is 1. The summed E-state index contributed by atoms with van der Waals surface area (Å²) in [5.74, 6) is -0.637. The molecular weight excluding hydrogens is 240 g/mol. The average Bonchev–Trinajstić information content (AvgIpc) is 2.26. The van der Waals surface area contributed by atoms with Crippen LogP contribution in [0.4, 0.5) is 0 Å². The summed E-state index contributed by atoms with van der Waals surface area (Å²) in [7, 11) is 1.56. The minimum atomic E-state index is -0.515. The van der Waals surface area contributed by atoms with Gasteiger partial charge in [-0.15, -0.1) is 0 Å². The molecule has 0 saturated carbocycles. The van der Waals surface area contributed by atoms with Gasteiger partial charge in [0.15, 0.2) is 0 Å². The summed E-state index contributed by atoms with van der Waals surface area (Å²) in [6.45, 7) is -0.0542. The maximum absolute atomic E-state index is 11.6. The van der Waals surface area contributed by atoms with Crippen molar-refractivity contribution in [1.29, 1.82) is 0 Å². The lowest BCUT2D eigenvalue weighted by molar-refractivity contribution is -0.133. The standard InChI is InChI=1S/C12H15ClN2O2/c1-15(8-11(14)16)12(17)7-6-9-4-2-3-5-10(9)13/h2-5H,6-8H2,1H3,(H2,14,16). The fourth-order valence-electron chi connectivity index (χ4n) is 1.46. The minimum absolute atomic E-state index is 0.0542. The quantitative estimate of drug-likeness (QED) is 0.859. The van der Waals surface area contributed by atoms with Gasteiger partial charge in [0.05, 0.1) is 6.54 Å². The Hall–Kier alpha value is -1.55. The Bertz CT molecular complexity index is 421. The molecule has 0 saturated heterocycles. The fraction of sp³-hybridized carbons (Fsp3) is 0.333. The lowest BCUT2D eigenvalue weighted by Gasteiger charge is -2.15. The summed E-state index contributed by atoms with van der Waals surface area (Å²) >= 11 is 5.97. The van der Waals surface area contributed by atoms with Crippen LogP contribution in [-0.4, -0.2) is 30.3 Å². The van der Waals surface area contributed by atoms with E-state index < -0.39 is 5.91 Å². The zero-order valence-corrected chi connectivity index (χ0v) is 10.4. The highest BCUT2D eigenvalue weighted by Gasteiger charge is 2.11. The fourth-order valence-corrected chi connectivity index (χ4v) is 1.69. The van der Waals surface area contributed by atoms with Crippen molar-refractivity contribution < 1.29 is 9.59 Å². The SMILES string of the molecule is CN(CC(N)=O)C(=O)CCc1ccccc1Cl. The first kappa shape index (κ1) is 13.5. The predicted molar refractivity (Wildman–Crippen MR) is 66.6 cm³/mol. The molecule has 2 N–H and O–H groups in total. The molecule has 1 aromatic carbocycles. The molecule has 0 radical (unpaired) electrons. The van der Waals surface area contributed by atoms with E-state index in [1.54, 1.807) is 13.1 Å². The van der Waals surface area contributed by atoms with Crippen LogP contribution in [-0.2, 0) is 16.0 Å². The van der Waals surface area contributed by atoms with Gasteiger partial charge in [-0.3, -0.25) is 9.59 Å².